The Kier molecular flexibility index (Phi) is 4.80. The number of ether oxygens (including phenoxy) is 1. The zero-order chi connectivity index (χ0) is 16.9. The lowest BCUT2D eigenvalue weighted by Gasteiger charge is -2.24. The SMILES string of the molecule is CCC(Oc1ccc2ccccc2c1)C(=O)N(C)c1ccccc1. The summed E-state index contributed by atoms with van der Waals surface area (Å²) in [5.41, 5.74) is 0.864. The van der Waals surface area contributed by atoms with Crippen molar-refractivity contribution in [1.82, 2.24) is 0 Å². The van der Waals surface area contributed by atoms with Crippen LogP contribution >= 0.6 is 0 Å². The quantitative estimate of drug-likeness (QED) is 0.684. The van der Waals surface area contributed by atoms with E-state index in [2.05, 4.69) is 6.07 Å². The summed E-state index contributed by atoms with van der Waals surface area (Å²) < 4.78 is 5.98. The highest BCUT2D eigenvalue weighted by Gasteiger charge is 2.23. The van der Waals surface area contributed by atoms with Crippen molar-refractivity contribution in [3.05, 3.63) is 72.8 Å². The molecule has 0 aliphatic carbocycles. The topological polar surface area (TPSA) is 29.5 Å². The van der Waals surface area contributed by atoms with Crippen molar-refractivity contribution < 1.29 is 9.53 Å². The first-order chi connectivity index (χ1) is 11.7. The Bertz CT molecular complexity index is 829. The van der Waals surface area contributed by atoms with E-state index in [1.165, 1.54) is 0 Å². The Balaban J connectivity index is 1.79. The molecule has 0 radical (unpaired) electrons. The number of amides is 1. The second kappa shape index (κ2) is 7.18. The van der Waals surface area contributed by atoms with Crippen LogP contribution in [-0.2, 0) is 4.79 Å². The molecule has 1 atom stereocenters. The number of rotatable bonds is 5. The first-order valence-electron chi connectivity index (χ1n) is 8.17. The summed E-state index contributed by atoms with van der Waals surface area (Å²) in [7, 11) is 1.78. The Hall–Kier alpha value is -2.81. The van der Waals surface area contributed by atoms with E-state index < -0.39 is 6.10 Å². The van der Waals surface area contributed by atoms with E-state index in [-0.39, 0.29) is 5.91 Å². The van der Waals surface area contributed by atoms with Crippen molar-refractivity contribution in [3.8, 4) is 5.75 Å². The highest BCUT2D eigenvalue weighted by Crippen LogP contribution is 2.23. The van der Waals surface area contributed by atoms with Gasteiger partial charge in [-0.05, 0) is 41.5 Å². The average molecular weight is 319 g/mol. The summed E-state index contributed by atoms with van der Waals surface area (Å²) in [6, 6.07) is 23.6. The van der Waals surface area contributed by atoms with Crippen LogP contribution in [0.1, 0.15) is 13.3 Å². The lowest BCUT2D eigenvalue weighted by Crippen LogP contribution is -2.39. The maximum absolute atomic E-state index is 12.7. The Labute approximate surface area is 142 Å². The molecule has 3 heteroatoms. The third-order valence-electron chi connectivity index (χ3n) is 4.12. The first-order valence-corrected chi connectivity index (χ1v) is 8.17. The maximum Gasteiger partial charge on any atom is 0.267 e. The minimum absolute atomic E-state index is 0.0446. The van der Waals surface area contributed by atoms with Gasteiger partial charge < -0.3 is 9.64 Å². The van der Waals surface area contributed by atoms with Crippen molar-refractivity contribution in [2.45, 2.75) is 19.4 Å². The number of carbonyl (C=O) groups is 1. The van der Waals surface area contributed by atoms with Crippen LogP contribution in [0, 0.1) is 0 Å². The molecule has 0 spiro atoms. The standard InChI is InChI=1S/C21H21NO2/c1-3-20(21(23)22(2)18-11-5-4-6-12-18)24-19-14-13-16-9-7-8-10-17(16)15-19/h4-15,20H,3H2,1-2H3. The number of hydrogen-bond donors (Lipinski definition) is 0. The van der Waals surface area contributed by atoms with Gasteiger partial charge in [0.2, 0.25) is 0 Å². The van der Waals surface area contributed by atoms with Crippen LogP contribution < -0.4 is 9.64 Å². The second-order valence-electron chi connectivity index (χ2n) is 5.76. The number of likely N-dealkylation sites (N-methyl/N-ethyl adjacent to an activating group) is 1. The predicted molar refractivity (Wildman–Crippen MR) is 98.5 cm³/mol. The molecular weight excluding hydrogens is 298 g/mol. The molecule has 0 heterocycles. The van der Waals surface area contributed by atoms with E-state index in [9.17, 15) is 4.79 Å². The molecule has 0 aromatic heterocycles. The number of carbonyl (C=O) groups excluding carboxylic acids is 1. The summed E-state index contributed by atoms with van der Waals surface area (Å²) in [4.78, 5) is 14.4. The van der Waals surface area contributed by atoms with E-state index in [1.807, 2.05) is 73.7 Å². The van der Waals surface area contributed by atoms with Gasteiger partial charge in [0.15, 0.2) is 6.10 Å². The van der Waals surface area contributed by atoms with Gasteiger partial charge in [-0.3, -0.25) is 4.79 Å². The second-order valence-corrected chi connectivity index (χ2v) is 5.76. The van der Waals surface area contributed by atoms with Gasteiger partial charge in [-0.2, -0.15) is 0 Å². The largest absolute Gasteiger partial charge is 0.481 e. The zero-order valence-corrected chi connectivity index (χ0v) is 14.0. The van der Waals surface area contributed by atoms with Crippen LogP contribution in [0.15, 0.2) is 72.8 Å². The Morgan fingerprint density at radius 3 is 2.33 bits per heavy atom. The molecule has 3 rings (SSSR count). The highest BCUT2D eigenvalue weighted by molar-refractivity contribution is 5.96. The molecular formula is C21H21NO2. The number of benzene rings is 3. The molecule has 0 saturated heterocycles. The van der Waals surface area contributed by atoms with Gasteiger partial charge in [0, 0.05) is 12.7 Å². The van der Waals surface area contributed by atoms with Crippen LogP contribution in [0.3, 0.4) is 0 Å². The lowest BCUT2D eigenvalue weighted by atomic mass is 10.1. The zero-order valence-electron chi connectivity index (χ0n) is 14.0. The first kappa shape index (κ1) is 16.1. The van der Waals surface area contributed by atoms with Gasteiger partial charge in [0.05, 0.1) is 0 Å². The summed E-state index contributed by atoms with van der Waals surface area (Å²) in [6.07, 6.45) is 0.111. The molecule has 122 valence electrons. The number of nitrogens with zero attached hydrogens (tertiary/aromatic N) is 1. The molecule has 0 aliphatic rings. The van der Waals surface area contributed by atoms with Gasteiger partial charge in [-0.15, -0.1) is 0 Å². The molecule has 0 saturated carbocycles. The van der Waals surface area contributed by atoms with Gasteiger partial charge in [0.1, 0.15) is 5.75 Å². The normalized spacial score (nSPS) is 11.9. The third-order valence-corrected chi connectivity index (χ3v) is 4.12. The molecule has 0 fully saturated rings. The minimum atomic E-state index is -0.503. The van der Waals surface area contributed by atoms with Crippen molar-refractivity contribution in [2.75, 3.05) is 11.9 Å². The fourth-order valence-corrected chi connectivity index (χ4v) is 2.71. The van der Waals surface area contributed by atoms with Crippen molar-refractivity contribution >= 4 is 22.4 Å². The predicted octanol–water partition coefficient (Wildman–Crippen LogP) is 4.66. The molecule has 0 aliphatic heterocycles. The smallest absolute Gasteiger partial charge is 0.267 e. The van der Waals surface area contributed by atoms with Crippen LogP contribution in [0.25, 0.3) is 10.8 Å². The Morgan fingerprint density at radius 2 is 1.62 bits per heavy atom. The minimum Gasteiger partial charge on any atom is -0.481 e. The van der Waals surface area contributed by atoms with Crippen molar-refractivity contribution in [3.63, 3.8) is 0 Å². The van der Waals surface area contributed by atoms with E-state index in [1.54, 1.807) is 11.9 Å². The number of para-hydroxylation sites is 1. The van der Waals surface area contributed by atoms with Crippen LogP contribution in [0.2, 0.25) is 0 Å². The van der Waals surface area contributed by atoms with Gasteiger partial charge in [-0.1, -0.05) is 55.5 Å². The molecule has 24 heavy (non-hydrogen) atoms. The van der Waals surface area contributed by atoms with Crippen LogP contribution in [-0.4, -0.2) is 19.1 Å². The van der Waals surface area contributed by atoms with Gasteiger partial charge in [-0.25, -0.2) is 0 Å². The number of fused-ring (bicyclic) bond motifs is 1. The maximum atomic E-state index is 12.7. The lowest BCUT2D eigenvalue weighted by molar-refractivity contribution is -0.125. The van der Waals surface area contributed by atoms with E-state index in [0.29, 0.717) is 6.42 Å². The highest BCUT2D eigenvalue weighted by atomic mass is 16.5. The monoisotopic (exact) mass is 319 g/mol. The van der Waals surface area contributed by atoms with Crippen molar-refractivity contribution in [1.29, 1.82) is 0 Å². The molecule has 3 nitrogen and oxygen atoms in total. The summed E-state index contributed by atoms with van der Waals surface area (Å²) in [5.74, 6) is 0.673. The van der Waals surface area contributed by atoms with E-state index in [4.69, 9.17) is 4.74 Å². The van der Waals surface area contributed by atoms with E-state index in [0.717, 1.165) is 22.2 Å². The fourth-order valence-electron chi connectivity index (χ4n) is 2.71. The summed E-state index contributed by atoms with van der Waals surface area (Å²) >= 11 is 0. The number of hydrogen-bond acceptors (Lipinski definition) is 2. The summed E-state index contributed by atoms with van der Waals surface area (Å²) in [5, 5.41) is 2.26. The van der Waals surface area contributed by atoms with E-state index >= 15 is 0 Å². The molecule has 0 N–H and O–H groups in total. The number of anilines is 1. The van der Waals surface area contributed by atoms with Gasteiger partial charge >= 0.3 is 0 Å². The Morgan fingerprint density at radius 1 is 0.958 bits per heavy atom. The van der Waals surface area contributed by atoms with Crippen LogP contribution in [0.4, 0.5) is 5.69 Å². The molecule has 1 amide bonds. The molecule has 3 aromatic rings. The molecule has 3 aromatic carbocycles. The third kappa shape index (κ3) is 3.40. The summed E-state index contributed by atoms with van der Waals surface area (Å²) in [6.45, 7) is 1.96. The van der Waals surface area contributed by atoms with Gasteiger partial charge in [0.25, 0.3) is 5.91 Å². The average Bonchev–Trinajstić information content (AvgIpc) is 2.65. The molecule has 1 unspecified atom stereocenters. The van der Waals surface area contributed by atoms with Crippen molar-refractivity contribution in [2.24, 2.45) is 0 Å². The fraction of sp³-hybridized carbons (Fsp3) is 0.190. The molecule has 0 bridgehead atoms. The van der Waals surface area contributed by atoms with Crippen LogP contribution in [0.5, 0.6) is 5.75 Å².